The molecule has 32 heavy (non-hydrogen) atoms. The van der Waals surface area contributed by atoms with Crippen molar-refractivity contribution in [1.82, 2.24) is 15.1 Å². The average Bonchev–Trinajstić information content (AvgIpc) is 3.44. The second kappa shape index (κ2) is 9.89. The number of piperidine rings is 1. The van der Waals surface area contributed by atoms with Crippen LogP contribution in [-0.2, 0) is 16.1 Å². The van der Waals surface area contributed by atoms with Gasteiger partial charge in [0.05, 0.1) is 18.7 Å². The average molecular weight is 439 g/mol. The maximum atomic E-state index is 13.1. The summed E-state index contributed by atoms with van der Waals surface area (Å²) < 4.78 is 5.33. The summed E-state index contributed by atoms with van der Waals surface area (Å²) in [4.78, 5) is 41.2. The van der Waals surface area contributed by atoms with Crippen LogP contribution in [0.1, 0.15) is 30.6 Å². The molecule has 8 nitrogen and oxygen atoms in total. The van der Waals surface area contributed by atoms with Crippen molar-refractivity contribution in [2.75, 3.05) is 31.5 Å². The predicted octanol–water partition coefficient (Wildman–Crippen LogP) is 3.00. The monoisotopic (exact) mass is 438 g/mol. The third-order valence-corrected chi connectivity index (χ3v) is 6.18. The van der Waals surface area contributed by atoms with Crippen molar-refractivity contribution >= 4 is 23.5 Å². The molecule has 0 saturated carbocycles. The zero-order valence-corrected chi connectivity index (χ0v) is 18.4. The maximum Gasteiger partial charge on any atom is 0.319 e. The lowest BCUT2D eigenvalue weighted by Gasteiger charge is -2.34. The number of nitrogens with one attached hydrogen (secondary N) is 2. The molecule has 2 atom stereocenters. The van der Waals surface area contributed by atoms with Gasteiger partial charge in [-0.05, 0) is 49.9 Å². The number of likely N-dealkylation sites (tertiary alicyclic amines) is 2. The van der Waals surface area contributed by atoms with E-state index in [1.54, 1.807) is 17.2 Å². The highest BCUT2D eigenvalue weighted by atomic mass is 16.3. The highest BCUT2D eigenvalue weighted by Gasteiger charge is 2.38. The van der Waals surface area contributed by atoms with Crippen LogP contribution >= 0.6 is 0 Å². The SMILES string of the molecule is Cc1ccc(NC(=O)NC[C@H]2CCCN(C(=O)[C@@H]3CC(=O)N(Cc4ccco4)C3)C2)cc1. The van der Waals surface area contributed by atoms with Crippen LogP contribution in [-0.4, -0.2) is 53.8 Å². The molecule has 2 saturated heterocycles. The number of aryl methyl sites for hydroxylation is 1. The van der Waals surface area contributed by atoms with Crippen LogP contribution in [0.3, 0.4) is 0 Å². The van der Waals surface area contributed by atoms with E-state index in [1.165, 1.54) is 0 Å². The van der Waals surface area contributed by atoms with E-state index < -0.39 is 0 Å². The molecule has 2 aliphatic rings. The van der Waals surface area contributed by atoms with E-state index in [4.69, 9.17) is 4.42 Å². The molecule has 4 amide bonds. The fourth-order valence-electron chi connectivity index (χ4n) is 4.42. The van der Waals surface area contributed by atoms with Crippen LogP contribution in [0.2, 0.25) is 0 Å². The smallest absolute Gasteiger partial charge is 0.319 e. The van der Waals surface area contributed by atoms with Gasteiger partial charge in [-0.3, -0.25) is 9.59 Å². The van der Waals surface area contributed by atoms with E-state index in [0.717, 1.165) is 29.9 Å². The van der Waals surface area contributed by atoms with Crippen molar-refractivity contribution in [2.24, 2.45) is 11.8 Å². The first-order valence-electron chi connectivity index (χ1n) is 11.2. The first-order valence-corrected chi connectivity index (χ1v) is 11.2. The molecule has 1 aromatic carbocycles. The largest absolute Gasteiger partial charge is 0.467 e. The number of benzene rings is 1. The van der Waals surface area contributed by atoms with Crippen LogP contribution in [0.4, 0.5) is 10.5 Å². The molecule has 3 heterocycles. The van der Waals surface area contributed by atoms with Gasteiger partial charge in [-0.15, -0.1) is 0 Å². The van der Waals surface area contributed by atoms with Crippen LogP contribution in [0.5, 0.6) is 0 Å². The van der Waals surface area contributed by atoms with Crippen LogP contribution in [0.25, 0.3) is 0 Å². The Labute approximate surface area is 187 Å². The minimum atomic E-state index is -0.311. The van der Waals surface area contributed by atoms with E-state index in [0.29, 0.717) is 32.7 Å². The number of rotatable bonds is 6. The summed E-state index contributed by atoms with van der Waals surface area (Å²) in [6, 6.07) is 11.0. The van der Waals surface area contributed by atoms with Gasteiger partial charge in [-0.1, -0.05) is 17.7 Å². The second-order valence-corrected chi connectivity index (χ2v) is 8.75. The minimum absolute atomic E-state index is 0.0113. The quantitative estimate of drug-likeness (QED) is 0.725. The Morgan fingerprint density at radius 3 is 2.72 bits per heavy atom. The molecule has 0 aliphatic carbocycles. The molecule has 0 radical (unpaired) electrons. The van der Waals surface area contributed by atoms with Gasteiger partial charge in [-0.2, -0.15) is 0 Å². The molecule has 2 N–H and O–H groups in total. The van der Waals surface area contributed by atoms with Gasteiger partial charge in [0.1, 0.15) is 5.76 Å². The van der Waals surface area contributed by atoms with E-state index in [1.807, 2.05) is 42.2 Å². The number of carbonyl (C=O) groups excluding carboxylic acids is 3. The molecule has 8 heteroatoms. The van der Waals surface area contributed by atoms with E-state index in [2.05, 4.69) is 10.6 Å². The number of anilines is 1. The number of hydrogen-bond acceptors (Lipinski definition) is 4. The molecule has 0 spiro atoms. The molecule has 2 aliphatic heterocycles. The molecule has 2 aromatic rings. The number of furan rings is 1. The van der Waals surface area contributed by atoms with Gasteiger partial charge < -0.3 is 24.9 Å². The lowest BCUT2D eigenvalue weighted by atomic mass is 9.96. The highest BCUT2D eigenvalue weighted by molar-refractivity contribution is 5.90. The van der Waals surface area contributed by atoms with E-state index >= 15 is 0 Å². The van der Waals surface area contributed by atoms with E-state index in [-0.39, 0.29) is 36.1 Å². The van der Waals surface area contributed by atoms with Crippen molar-refractivity contribution in [3.63, 3.8) is 0 Å². The van der Waals surface area contributed by atoms with Crippen molar-refractivity contribution in [1.29, 1.82) is 0 Å². The molecule has 2 fully saturated rings. The van der Waals surface area contributed by atoms with Crippen LogP contribution < -0.4 is 10.6 Å². The van der Waals surface area contributed by atoms with Crippen LogP contribution in [0, 0.1) is 18.8 Å². The lowest BCUT2D eigenvalue weighted by molar-refractivity contribution is -0.137. The molecule has 0 bridgehead atoms. The zero-order valence-electron chi connectivity index (χ0n) is 18.4. The van der Waals surface area contributed by atoms with Gasteiger partial charge in [0.2, 0.25) is 11.8 Å². The highest BCUT2D eigenvalue weighted by Crippen LogP contribution is 2.25. The van der Waals surface area contributed by atoms with Crippen molar-refractivity contribution < 1.29 is 18.8 Å². The Bertz CT molecular complexity index is 941. The fourth-order valence-corrected chi connectivity index (χ4v) is 4.42. The Morgan fingerprint density at radius 2 is 1.97 bits per heavy atom. The standard InChI is InChI=1S/C24H30N4O4/c1-17-6-8-20(9-7-17)26-24(31)25-13-18-4-2-10-27(14-18)23(30)19-12-22(29)28(15-19)16-21-5-3-11-32-21/h3,5-9,11,18-19H,2,4,10,12-16H2,1H3,(H2,25,26,31)/t18-,19-/m1/s1. The van der Waals surface area contributed by atoms with Crippen LogP contribution in [0.15, 0.2) is 47.1 Å². The Kier molecular flexibility index (Phi) is 6.78. The summed E-state index contributed by atoms with van der Waals surface area (Å²) in [5.74, 6) is 0.637. The minimum Gasteiger partial charge on any atom is -0.467 e. The number of amides is 4. The molecule has 4 rings (SSSR count). The fraction of sp³-hybridized carbons (Fsp3) is 0.458. The van der Waals surface area contributed by atoms with Gasteiger partial charge >= 0.3 is 6.03 Å². The summed E-state index contributed by atoms with van der Waals surface area (Å²) in [6.07, 6.45) is 3.69. The maximum absolute atomic E-state index is 13.1. The van der Waals surface area contributed by atoms with Crippen molar-refractivity contribution in [2.45, 2.75) is 32.7 Å². The topological polar surface area (TPSA) is 94.9 Å². The summed E-state index contributed by atoms with van der Waals surface area (Å²) in [5, 5.41) is 5.76. The third-order valence-electron chi connectivity index (χ3n) is 6.18. The third kappa shape index (κ3) is 5.49. The first-order chi connectivity index (χ1) is 15.5. The predicted molar refractivity (Wildman–Crippen MR) is 120 cm³/mol. The molecular formula is C24H30N4O4. The molecule has 1 aromatic heterocycles. The van der Waals surface area contributed by atoms with Gasteiger partial charge in [0.15, 0.2) is 0 Å². The Hall–Kier alpha value is -3.29. The summed E-state index contributed by atoms with van der Waals surface area (Å²) in [5.41, 5.74) is 1.88. The summed E-state index contributed by atoms with van der Waals surface area (Å²) in [7, 11) is 0. The Balaban J connectivity index is 1.24. The van der Waals surface area contributed by atoms with Gasteiger partial charge in [0, 0.05) is 38.3 Å². The van der Waals surface area contributed by atoms with Crippen molar-refractivity contribution in [3.05, 3.63) is 54.0 Å². The normalized spacial score (nSPS) is 21.0. The molecular weight excluding hydrogens is 408 g/mol. The summed E-state index contributed by atoms with van der Waals surface area (Å²) in [6.45, 7) is 4.64. The Morgan fingerprint density at radius 1 is 1.16 bits per heavy atom. The number of carbonyl (C=O) groups is 3. The number of hydrogen-bond donors (Lipinski definition) is 2. The first kappa shape index (κ1) is 21.9. The van der Waals surface area contributed by atoms with Gasteiger partial charge in [0.25, 0.3) is 0 Å². The van der Waals surface area contributed by atoms with E-state index in [9.17, 15) is 14.4 Å². The number of urea groups is 1. The molecule has 170 valence electrons. The summed E-state index contributed by atoms with van der Waals surface area (Å²) >= 11 is 0. The van der Waals surface area contributed by atoms with Gasteiger partial charge in [-0.25, -0.2) is 4.79 Å². The lowest BCUT2D eigenvalue weighted by Crippen LogP contribution is -2.46. The zero-order chi connectivity index (χ0) is 22.5. The van der Waals surface area contributed by atoms with Crippen molar-refractivity contribution in [3.8, 4) is 0 Å². The molecule has 0 unspecified atom stereocenters. The number of nitrogens with zero attached hydrogens (tertiary/aromatic N) is 2. The second-order valence-electron chi connectivity index (χ2n) is 8.75.